The molecule has 0 saturated heterocycles. The SMILES string of the molecule is CCOC(=O)C1=C(C)NC2=C(C(=O)[C@H](C(=O)OCC)[C@H](c3ccccc3OC)C2)[C@@H]1c1cc(OC)c(OC)c(OC)c1. The van der Waals surface area contributed by atoms with Crippen LogP contribution in [0.1, 0.15) is 50.2 Å². The molecule has 1 heterocycles. The number of ketones is 1. The molecule has 2 aromatic rings. The van der Waals surface area contributed by atoms with Crippen LogP contribution in [0.4, 0.5) is 0 Å². The zero-order valence-corrected chi connectivity index (χ0v) is 25.0. The van der Waals surface area contributed by atoms with Crippen molar-refractivity contribution in [2.75, 3.05) is 41.7 Å². The summed E-state index contributed by atoms with van der Waals surface area (Å²) in [5, 5.41) is 3.30. The molecular weight excluding hydrogens is 542 g/mol. The van der Waals surface area contributed by atoms with Crippen molar-refractivity contribution in [3.05, 3.63) is 70.1 Å². The molecule has 1 N–H and O–H groups in total. The normalized spacial score (nSPS) is 19.9. The molecule has 0 radical (unpaired) electrons. The smallest absolute Gasteiger partial charge is 0.336 e. The van der Waals surface area contributed by atoms with Crippen LogP contribution in [0.5, 0.6) is 23.0 Å². The molecule has 224 valence electrons. The Morgan fingerprint density at radius 3 is 2.07 bits per heavy atom. The summed E-state index contributed by atoms with van der Waals surface area (Å²) in [4.78, 5) is 41.5. The number of dihydropyridines is 1. The summed E-state index contributed by atoms with van der Waals surface area (Å²) in [7, 11) is 6.02. The molecule has 2 aliphatic rings. The van der Waals surface area contributed by atoms with Gasteiger partial charge in [0, 0.05) is 28.8 Å². The van der Waals surface area contributed by atoms with Crippen LogP contribution in [0.15, 0.2) is 58.9 Å². The minimum absolute atomic E-state index is 0.106. The summed E-state index contributed by atoms with van der Waals surface area (Å²) < 4.78 is 33.2. The fourth-order valence-electron chi connectivity index (χ4n) is 5.88. The fraction of sp³-hybridized carbons (Fsp3) is 0.406. The first-order valence-electron chi connectivity index (χ1n) is 13.8. The van der Waals surface area contributed by atoms with E-state index < -0.39 is 35.5 Å². The third-order valence-corrected chi connectivity index (χ3v) is 7.61. The summed E-state index contributed by atoms with van der Waals surface area (Å²) >= 11 is 0. The van der Waals surface area contributed by atoms with E-state index in [0.29, 0.717) is 51.9 Å². The largest absolute Gasteiger partial charge is 0.496 e. The minimum atomic E-state index is -1.17. The van der Waals surface area contributed by atoms with Gasteiger partial charge in [-0.15, -0.1) is 0 Å². The van der Waals surface area contributed by atoms with Gasteiger partial charge in [-0.1, -0.05) is 18.2 Å². The Hall–Kier alpha value is -4.47. The van der Waals surface area contributed by atoms with Gasteiger partial charge in [-0.2, -0.15) is 0 Å². The molecular formula is C32H37NO9. The molecule has 42 heavy (non-hydrogen) atoms. The van der Waals surface area contributed by atoms with Crippen LogP contribution < -0.4 is 24.3 Å². The molecule has 10 nitrogen and oxygen atoms in total. The highest BCUT2D eigenvalue weighted by molar-refractivity contribution is 6.13. The van der Waals surface area contributed by atoms with E-state index in [1.54, 1.807) is 46.1 Å². The lowest BCUT2D eigenvalue weighted by Gasteiger charge is -2.39. The number of esters is 2. The zero-order chi connectivity index (χ0) is 30.6. The Morgan fingerprint density at radius 1 is 0.881 bits per heavy atom. The third kappa shape index (κ3) is 5.41. The van der Waals surface area contributed by atoms with E-state index in [2.05, 4.69) is 5.32 Å². The topological polar surface area (TPSA) is 119 Å². The van der Waals surface area contributed by atoms with Crippen LogP contribution in [-0.4, -0.2) is 59.4 Å². The molecule has 1 aliphatic heterocycles. The highest BCUT2D eigenvalue weighted by Gasteiger charge is 2.50. The van der Waals surface area contributed by atoms with Crippen LogP contribution in [-0.2, 0) is 23.9 Å². The van der Waals surface area contributed by atoms with Gasteiger partial charge >= 0.3 is 11.9 Å². The van der Waals surface area contributed by atoms with Crippen molar-refractivity contribution >= 4 is 17.7 Å². The molecule has 0 amide bonds. The average molecular weight is 580 g/mol. The van der Waals surface area contributed by atoms with Crippen molar-refractivity contribution < 1.29 is 42.8 Å². The van der Waals surface area contributed by atoms with Crippen LogP contribution in [0.25, 0.3) is 0 Å². The van der Waals surface area contributed by atoms with E-state index in [9.17, 15) is 14.4 Å². The second kappa shape index (κ2) is 13.0. The predicted octanol–water partition coefficient (Wildman–Crippen LogP) is 4.43. The van der Waals surface area contributed by atoms with E-state index >= 15 is 0 Å². The summed E-state index contributed by atoms with van der Waals surface area (Å²) in [5.41, 5.74) is 2.90. The maximum Gasteiger partial charge on any atom is 0.336 e. The Morgan fingerprint density at radius 2 is 1.50 bits per heavy atom. The van der Waals surface area contributed by atoms with E-state index in [4.69, 9.17) is 28.4 Å². The van der Waals surface area contributed by atoms with E-state index in [1.165, 1.54) is 21.3 Å². The first kappa shape index (κ1) is 30.5. The van der Waals surface area contributed by atoms with Crippen molar-refractivity contribution in [2.45, 2.75) is 39.0 Å². The number of nitrogens with one attached hydrogen (secondary N) is 1. The van der Waals surface area contributed by atoms with Gasteiger partial charge in [-0.25, -0.2) is 4.79 Å². The number of methoxy groups -OCH3 is 4. The van der Waals surface area contributed by atoms with Gasteiger partial charge in [0.2, 0.25) is 5.75 Å². The van der Waals surface area contributed by atoms with Gasteiger partial charge in [0.25, 0.3) is 0 Å². The van der Waals surface area contributed by atoms with Gasteiger partial charge in [-0.3, -0.25) is 9.59 Å². The number of rotatable bonds is 10. The maximum absolute atomic E-state index is 14.6. The Labute approximate surface area is 245 Å². The monoisotopic (exact) mass is 579 g/mol. The number of carbonyl (C=O) groups excluding carboxylic acids is 3. The molecule has 10 heteroatoms. The number of hydrogen-bond acceptors (Lipinski definition) is 10. The Bertz CT molecular complexity index is 1420. The van der Waals surface area contributed by atoms with Crippen LogP contribution >= 0.6 is 0 Å². The van der Waals surface area contributed by atoms with Crippen molar-refractivity contribution in [1.82, 2.24) is 5.32 Å². The lowest BCUT2D eigenvalue weighted by Crippen LogP contribution is -2.43. The van der Waals surface area contributed by atoms with E-state index in [1.807, 2.05) is 18.2 Å². The molecule has 1 aliphatic carbocycles. The average Bonchev–Trinajstić information content (AvgIpc) is 2.99. The van der Waals surface area contributed by atoms with Crippen molar-refractivity contribution in [3.8, 4) is 23.0 Å². The molecule has 0 aromatic heterocycles. The Balaban J connectivity index is 1.99. The summed E-state index contributed by atoms with van der Waals surface area (Å²) in [6.07, 6.45) is 0.291. The second-order valence-corrected chi connectivity index (χ2v) is 9.81. The molecule has 0 unspecified atom stereocenters. The Kier molecular flexibility index (Phi) is 9.45. The van der Waals surface area contributed by atoms with Crippen LogP contribution in [0, 0.1) is 5.92 Å². The number of hydrogen-bond donors (Lipinski definition) is 1. The summed E-state index contributed by atoms with van der Waals surface area (Å²) in [5.74, 6) is -2.69. The molecule has 4 rings (SSSR count). The number of benzene rings is 2. The lowest BCUT2D eigenvalue weighted by molar-refractivity contribution is -0.152. The quantitative estimate of drug-likeness (QED) is 0.320. The molecule has 0 bridgehead atoms. The highest BCUT2D eigenvalue weighted by Crippen LogP contribution is 2.51. The van der Waals surface area contributed by atoms with E-state index in [-0.39, 0.29) is 24.4 Å². The van der Waals surface area contributed by atoms with Gasteiger partial charge in [0.05, 0.1) is 47.2 Å². The maximum atomic E-state index is 14.6. The van der Waals surface area contributed by atoms with Gasteiger partial charge in [0.15, 0.2) is 17.3 Å². The lowest BCUT2D eigenvalue weighted by atomic mass is 9.67. The van der Waals surface area contributed by atoms with Crippen molar-refractivity contribution in [2.24, 2.45) is 5.92 Å². The number of para-hydroxylation sites is 1. The number of allylic oxidation sites excluding steroid dienone is 3. The van der Waals surface area contributed by atoms with E-state index in [0.717, 1.165) is 0 Å². The fourth-order valence-corrected chi connectivity index (χ4v) is 5.88. The molecule has 3 atom stereocenters. The minimum Gasteiger partial charge on any atom is -0.496 e. The van der Waals surface area contributed by atoms with Gasteiger partial charge in [0.1, 0.15) is 11.7 Å². The van der Waals surface area contributed by atoms with Crippen LogP contribution in [0.2, 0.25) is 0 Å². The zero-order valence-electron chi connectivity index (χ0n) is 25.0. The molecule has 0 saturated carbocycles. The first-order chi connectivity index (χ1) is 20.3. The second-order valence-electron chi connectivity index (χ2n) is 9.81. The van der Waals surface area contributed by atoms with Gasteiger partial charge in [-0.05, 0) is 56.5 Å². The molecule has 0 spiro atoms. The first-order valence-corrected chi connectivity index (χ1v) is 13.8. The third-order valence-electron chi connectivity index (χ3n) is 7.61. The number of carbonyl (C=O) groups is 3. The summed E-state index contributed by atoms with van der Waals surface area (Å²) in [6.45, 7) is 5.41. The van der Waals surface area contributed by atoms with Gasteiger partial charge < -0.3 is 33.7 Å². The summed E-state index contributed by atoms with van der Waals surface area (Å²) in [6, 6.07) is 10.7. The predicted molar refractivity (Wildman–Crippen MR) is 154 cm³/mol. The standard InChI is InChI=1S/C32H37NO9/c1-8-41-31(35)25-17(3)33-21-16-20(19-12-10-11-13-22(19)37-4)27(32(36)42-9-2)29(34)28(21)26(25)18-14-23(38-5)30(40-7)24(15-18)39-6/h10-15,20,26-27,33H,8-9,16H2,1-7H3/t20-,26+,27+/m0/s1. The molecule has 2 aromatic carbocycles. The van der Waals surface area contributed by atoms with Crippen molar-refractivity contribution in [3.63, 3.8) is 0 Å². The number of Topliss-reactive ketones (excluding diaryl/α,β-unsaturated/α-hetero) is 1. The van der Waals surface area contributed by atoms with Crippen LogP contribution in [0.3, 0.4) is 0 Å². The number of ether oxygens (including phenoxy) is 6. The molecule has 0 fully saturated rings. The highest BCUT2D eigenvalue weighted by atomic mass is 16.5. The van der Waals surface area contributed by atoms with Crippen molar-refractivity contribution in [1.29, 1.82) is 0 Å².